The second kappa shape index (κ2) is 6.35. The van der Waals surface area contributed by atoms with Crippen molar-refractivity contribution in [2.24, 2.45) is 0 Å². The molecule has 1 saturated heterocycles. The number of hydrogen-bond acceptors (Lipinski definition) is 3. The van der Waals surface area contributed by atoms with Crippen LogP contribution in [-0.4, -0.2) is 30.8 Å². The Labute approximate surface area is 123 Å². The van der Waals surface area contributed by atoms with Gasteiger partial charge in [0.2, 0.25) is 0 Å². The first-order chi connectivity index (χ1) is 9.81. The average molecular weight is 289 g/mol. The van der Waals surface area contributed by atoms with Crippen molar-refractivity contribution >= 4 is 11.6 Å². The number of hydrogen-bond donors (Lipinski definition) is 1. The van der Waals surface area contributed by atoms with Crippen molar-refractivity contribution in [3.05, 3.63) is 53.3 Å². The Kier molecular flexibility index (Phi) is 4.31. The van der Waals surface area contributed by atoms with Crippen molar-refractivity contribution < 1.29 is 4.74 Å². The molecule has 0 saturated carbocycles. The molecule has 1 aliphatic heterocycles. The SMILES string of the molecule is Clc1ccc(-c2cccc(C[C@@H]3CNCCO3)c2)cn1. The van der Waals surface area contributed by atoms with Crippen molar-refractivity contribution in [1.82, 2.24) is 10.3 Å². The number of pyridine rings is 1. The van der Waals surface area contributed by atoms with Crippen molar-refractivity contribution in [2.75, 3.05) is 19.7 Å². The van der Waals surface area contributed by atoms with Gasteiger partial charge < -0.3 is 10.1 Å². The molecule has 4 heteroatoms. The lowest BCUT2D eigenvalue weighted by Gasteiger charge is -2.23. The highest BCUT2D eigenvalue weighted by atomic mass is 35.5. The number of morpholine rings is 1. The maximum atomic E-state index is 5.82. The van der Waals surface area contributed by atoms with Gasteiger partial charge in [0.1, 0.15) is 5.15 Å². The zero-order valence-corrected chi connectivity index (χ0v) is 11.9. The summed E-state index contributed by atoms with van der Waals surface area (Å²) in [5.41, 5.74) is 3.53. The molecule has 1 aliphatic rings. The van der Waals surface area contributed by atoms with Crippen molar-refractivity contribution in [3.8, 4) is 11.1 Å². The largest absolute Gasteiger partial charge is 0.375 e. The molecule has 2 heterocycles. The van der Waals surface area contributed by atoms with Gasteiger partial charge in [0, 0.05) is 24.8 Å². The third kappa shape index (κ3) is 3.37. The summed E-state index contributed by atoms with van der Waals surface area (Å²) < 4.78 is 5.75. The highest BCUT2D eigenvalue weighted by molar-refractivity contribution is 6.29. The quantitative estimate of drug-likeness (QED) is 0.882. The molecule has 0 aliphatic carbocycles. The Hall–Kier alpha value is -1.42. The van der Waals surface area contributed by atoms with Gasteiger partial charge in [-0.15, -0.1) is 0 Å². The number of halogens is 1. The van der Waals surface area contributed by atoms with Gasteiger partial charge in [-0.1, -0.05) is 35.9 Å². The molecule has 2 aromatic rings. The summed E-state index contributed by atoms with van der Waals surface area (Å²) in [5, 5.41) is 3.88. The minimum absolute atomic E-state index is 0.266. The van der Waals surface area contributed by atoms with E-state index < -0.39 is 0 Å². The molecule has 1 atom stereocenters. The Morgan fingerprint density at radius 2 is 2.20 bits per heavy atom. The summed E-state index contributed by atoms with van der Waals surface area (Å²) in [6.45, 7) is 2.67. The Balaban J connectivity index is 1.76. The molecule has 3 rings (SSSR count). The molecule has 3 nitrogen and oxygen atoms in total. The standard InChI is InChI=1S/C16H17ClN2O/c17-16-5-4-14(10-19-16)13-3-1-2-12(8-13)9-15-11-18-6-7-20-15/h1-5,8,10,15,18H,6-7,9,11H2/t15-/m1/s1. The number of nitrogens with zero attached hydrogens (tertiary/aromatic N) is 1. The van der Waals surface area contributed by atoms with Crippen molar-refractivity contribution in [3.63, 3.8) is 0 Å². The van der Waals surface area contributed by atoms with Crippen LogP contribution in [-0.2, 0) is 11.2 Å². The summed E-state index contributed by atoms with van der Waals surface area (Å²) >= 11 is 5.82. The Bertz CT molecular complexity index is 565. The van der Waals surface area contributed by atoms with E-state index in [9.17, 15) is 0 Å². The van der Waals surface area contributed by atoms with E-state index in [1.807, 2.05) is 12.1 Å². The number of ether oxygens (including phenoxy) is 1. The van der Waals surface area contributed by atoms with E-state index in [1.165, 1.54) is 5.56 Å². The number of rotatable bonds is 3. The average Bonchev–Trinajstić information content (AvgIpc) is 2.49. The summed E-state index contributed by atoms with van der Waals surface area (Å²) in [5.74, 6) is 0. The number of benzene rings is 1. The van der Waals surface area contributed by atoms with E-state index in [0.717, 1.165) is 37.2 Å². The summed E-state index contributed by atoms with van der Waals surface area (Å²) in [7, 11) is 0. The van der Waals surface area contributed by atoms with Crippen LogP contribution in [0.1, 0.15) is 5.56 Å². The first-order valence-electron chi connectivity index (χ1n) is 6.84. The molecular formula is C16H17ClN2O. The predicted octanol–water partition coefficient (Wildman–Crippen LogP) is 2.93. The van der Waals surface area contributed by atoms with Crippen molar-refractivity contribution in [1.29, 1.82) is 0 Å². The van der Waals surface area contributed by atoms with E-state index >= 15 is 0 Å². The maximum Gasteiger partial charge on any atom is 0.129 e. The lowest BCUT2D eigenvalue weighted by Crippen LogP contribution is -2.39. The molecular weight excluding hydrogens is 272 g/mol. The third-order valence-electron chi connectivity index (χ3n) is 3.46. The van der Waals surface area contributed by atoms with Crippen molar-refractivity contribution in [2.45, 2.75) is 12.5 Å². The maximum absolute atomic E-state index is 5.82. The molecule has 0 spiro atoms. The molecule has 0 amide bonds. The first-order valence-corrected chi connectivity index (χ1v) is 7.22. The fourth-order valence-corrected chi connectivity index (χ4v) is 2.55. The van der Waals surface area contributed by atoms with Gasteiger partial charge in [-0.25, -0.2) is 4.98 Å². The monoisotopic (exact) mass is 288 g/mol. The zero-order chi connectivity index (χ0) is 13.8. The van der Waals surface area contributed by atoms with Crippen LogP contribution >= 0.6 is 11.6 Å². The zero-order valence-electron chi connectivity index (χ0n) is 11.2. The normalized spacial score (nSPS) is 18.9. The van der Waals surface area contributed by atoms with Gasteiger partial charge in [0.05, 0.1) is 12.7 Å². The summed E-state index contributed by atoms with van der Waals surface area (Å²) in [6, 6.07) is 12.3. The second-order valence-corrected chi connectivity index (χ2v) is 5.36. The van der Waals surface area contributed by atoms with Gasteiger partial charge in [-0.3, -0.25) is 0 Å². The molecule has 104 valence electrons. The molecule has 0 radical (unpaired) electrons. The second-order valence-electron chi connectivity index (χ2n) is 4.97. The Morgan fingerprint density at radius 1 is 1.25 bits per heavy atom. The van der Waals surface area contributed by atoms with Gasteiger partial charge >= 0.3 is 0 Å². The highest BCUT2D eigenvalue weighted by Crippen LogP contribution is 2.21. The van der Waals surface area contributed by atoms with E-state index in [0.29, 0.717) is 5.15 Å². The predicted molar refractivity (Wildman–Crippen MR) is 81.0 cm³/mol. The minimum Gasteiger partial charge on any atom is -0.375 e. The van der Waals surface area contributed by atoms with E-state index in [2.05, 4.69) is 34.6 Å². The smallest absolute Gasteiger partial charge is 0.129 e. The van der Waals surface area contributed by atoms with Crippen LogP contribution in [0.25, 0.3) is 11.1 Å². The van der Waals surface area contributed by atoms with Crippen LogP contribution in [0.4, 0.5) is 0 Å². The van der Waals surface area contributed by atoms with Crippen LogP contribution in [0.3, 0.4) is 0 Å². The van der Waals surface area contributed by atoms with E-state index in [1.54, 1.807) is 6.20 Å². The molecule has 1 N–H and O–H groups in total. The van der Waals surface area contributed by atoms with E-state index in [-0.39, 0.29) is 6.10 Å². The third-order valence-corrected chi connectivity index (χ3v) is 3.68. The topological polar surface area (TPSA) is 34.1 Å². The highest BCUT2D eigenvalue weighted by Gasteiger charge is 2.14. The molecule has 0 unspecified atom stereocenters. The molecule has 1 aromatic heterocycles. The van der Waals surface area contributed by atoms with Gasteiger partial charge in [0.15, 0.2) is 0 Å². The Morgan fingerprint density at radius 3 is 2.95 bits per heavy atom. The number of aromatic nitrogens is 1. The summed E-state index contributed by atoms with van der Waals surface area (Å²) in [6.07, 6.45) is 3.00. The van der Waals surface area contributed by atoms with Crippen LogP contribution in [0, 0.1) is 0 Å². The van der Waals surface area contributed by atoms with Crippen LogP contribution in [0.2, 0.25) is 5.15 Å². The molecule has 0 bridgehead atoms. The number of nitrogens with one attached hydrogen (secondary N) is 1. The molecule has 1 fully saturated rings. The summed E-state index contributed by atoms with van der Waals surface area (Å²) in [4.78, 5) is 4.13. The minimum atomic E-state index is 0.266. The fourth-order valence-electron chi connectivity index (χ4n) is 2.44. The van der Waals surface area contributed by atoms with Gasteiger partial charge in [-0.2, -0.15) is 0 Å². The van der Waals surface area contributed by atoms with Crippen LogP contribution < -0.4 is 5.32 Å². The molecule has 20 heavy (non-hydrogen) atoms. The fraction of sp³-hybridized carbons (Fsp3) is 0.312. The van der Waals surface area contributed by atoms with Gasteiger partial charge in [-0.05, 0) is 29.7 Å². The van der Waals surface area contributed by atoms with E-state index in [4.69, 9.17) is 16.3 Å². The molecule has 1 aromatic carbocycles. The lowest BCUT2D eigenvalue weighted by molar-refractivity contribution is 0.0292. The first kappa shape index (κ1) is 13.6. The van der Waals surface area contributed by atoms with Gasteiger partial charge in [0.25, 0.3) is 0 Å². The van der Waals surface area contributed by atoms with Crippen LogP contribution in [0.15, 0.2) is 42.6 Å². The van der Waals surface area contributed by atoms with Crippen LogP contribution in [0.5, 0.6) is 0 Å². The lowest BCUT2D eigenvalue weighted by atomic mass is 10.0.